The Hall–Kier alpha value is -4.22. The van der Waals surface area contributed by atoms with Crippen LogP contribution in [0.5, 0.6) is 0 Å². The van der Waals surface area contributed by atoms with Crippen molar-refractivity contribution in [2.24, 2.45) is 0 Å². The molecule has 0 radical (unpaired) electrons. The molecule has 5 aromatic rings. The molecule has 1 unspecified atom stereocenters. The number of nitrogens with zero attached hydrogens (tertiary/aromatic N) is 4. The van der Waals surface area contributed by atoms with Crippen molar-refractivity contribution in [1.29, 1.82) is 0 Å². The molecule has 1 N–H and O–H groups in total. The summed E-state index contributed by atoms with van der Waals surface area (Å²) in [6.45, 7) is 5.70. The van der Waals surface area contributed by atoms with E-state index in [1.807, 2.05) is 99.8 Å². The molecule has 40 heavy (non-hydrogen) atoms. The van der Waals surface area contributed by atoms with Crippen molar-refractivity contribution in [3.63, 3.8) is 0 Å². The Morgan fingerprint density at radius 1 is 1.07 bits per heavy atom. The van der Waals surface area contributed by atoms with Gasteiger partial charge in [-0.3, -0.25) is 9.59 Å². The van der Waals surface area contributed by atoms with Crippen LogP contribution in [0.3, 0.4) is 0 Å². The molecule has 0 spiro atoms. The van der Waals surface area contributed by atoms with Crippen molar-refractivity contribution < 1.29 is 26.7 Å². The van der Waals surface area contributed by atoms with Gasteiger partial charge < -0.3 is 40.5 Å². The Balaban J connectivity index is 0.000000662. The van der Waals surface area contributed by atoms with Gasteiger partial charge in [0.25, 0.3) is 5.91 Å². The van der Waals surface area contributed by atoms with Crippen molar-refractivity contribution in [3.05, 3.63) is 119 Å². The molecule has 0 aliphatic carbocycles. The van der Waals surface area contributed by atoms with Crippen molar-refractivity contribution in [2.75, 3.05) is 4.90 Å². The first-order chi connectivity index (χ1) is 18.8. The van der Waals surface area contributed by atoms with E-state index in [-0.39, 0.29) is 28.7 Å². The summed E-state index contributed by atoms with van der Waals surface area (Å²) in [7, 11) is 0. The zero-order valence-electron chi connectivity index (χ0n) is 22.3. The van der Waals surface area contributed by atoms with Crippen LogP contribution in [-0.2, 0) is 21.9 Å². The molecule has 9 heteroatoms. The quantitative estimate of drug-likeness (QED) is 0.155. The number of amides is 2. The minimum Gasteiger partial charge on any atom is -0.748 e. The average Bonchev–Trinajstić information content (AvgIpc) is 3.73. The third kappa shape index (κ3) is 7.67. The fourth-order valence-corrected chi connectivity index (χ4v) is 4.48. The molecular weight excluding hydrogens is 562 g/mol. The summed E-state index contributed by atoms with van der Waals surface area (Å²) >= 11 is 1.21. The van der Waals surface area contributed by atoms with E-state index in [0.717, 1.165) is 5.69 Å². The zero-order valence-corrected chi connectivity index (χ0v) is 24.3. The molecule has 5 rings (SSSR count). The number of hydrogen-bond acceptors (Lipinski definition) is 5. The van der Waals surface area contributed by atoms with E-state index in [2.05, 4.69) is 21.3 Å². The van der Waals surface area contributed by atoms with Gasteiger partial charge in [-0.1, -0.05) is 0 Å². The summed E-state index contributed by atoms with van der Waals surface area (Å²) in [6, 6.07) is 25.6. The number of benzene rings is 1. The molecule has 2 amide bonds. The molecule has 3 aromatic carbocycles. The van der Waals surface area contributed by atoms with Gasteiger partial charge in [-0.05, 0) is 57.0 Å². The molecular formula is C31H29FeN5O2S-6. The van der Waals surface area contributed by atoms with E-state index < -0.39 is 17.5 Å². The predicted octanol–water partition coefficient (Wildman–Crippen LogP) is 5.73. The van der Waals surface area contributed by atoms with E-state index in [1.54, 1.807) is 28.4 Å². The van der Waals surface area contributed by atoms with Crippen LogP contribution >= 0.6 is 11.3 Å². The monoisotopic (exact) mass is 591 g/mol. The maximum Gasteiger partial charge on any atom is 0.277 e. The van der Waals surface area contributed by atoms with E-state index >= 15 is 0 Å². The number of anilines is 1. The summed E-state index contributed by atoms with van der Waals surface area (Å²) < 4.78 is 1.72. The van der Waals surface area contributed by atoms with Crippen molar-refractivity contribution in [2.45, 2.75) is 32.4 Å². The van der Waals surface area contributed by atoms with Gasteiger partial charge in [0.15, 0.2) is 5.01 Å². The van der Waals surface area contributed by atoms with Crippen LogP contribution in [0.15, 0.2) is 103 Å². The number of thiazole rings is 1. The Bertz CT molecular complexity index is 1490. The van der Waals surface area contributed by atoms with Gasteiger partial charge in [-0.25, -0.2) is 21.8 Å². The van der Waals surface area contributed by atoms with Gasteiger partial charge in [0.2, 0.25) is 5.91 Å². The molecule has 0 saturated carbocycles. The van der Waals surface area contributed by atoms with Crippen LogP contribution in [0.4, 0.5) is 5.69 Å². The maximum absolute atomic E-state index is 13.8. The fraction of sp³-hybridized carbons (Fsp3) is 0.161. The minimum absolute atomic E-state index is 0. The van der Waals surface area contributed by atoms with Gasteiger partial charge in [-0.15, -0.1) is 23.3 Å². The summed E-state index contributed by atoms with van der Waals surface area (Å²) in [5.41, 5.74) is 1.77. The van der Waals surface area contributed by atoms with Crippen molar-refractivity contribution in [1.82, 2.24) is 20.1 Å². The second kappa shape index (κ2) is 13.7. The van der Waals surface area contributed by atoms with Crippen LogP contribution < -0.4 is 10.2 Å². The summed E-state index contributed by atoms with van der Waals surface area (Å²) in [5, 5.41) is 9.28. The molecule has 7 nitrogen and oxygen atoms in total. The Morgan fingerprint density at radius 2 is 1.70 bits per heavy atom. The first-order valence-electron chi connectivity index (χ1n) is 12.3. The third-order valence-electron chi connectivity index (χ3n) is 5.53. The van der Waals surface area contributed by atoms with Gasteiger partial charge in [-0.2, -0.15) is 17.2 Å². The molecule has 0 saturated heterocycles. The molecule has 210 valence electrons. The average molecular weight is 592 g/mol. The van der Waals surface area contributed by atoms with Crippen LogP contribution in [0.2, 0.25) is 0 Å². The molecule has 2 heterocycles. The number of nitrogens with one attached hydrogen (secondary N) is 1. The Kier molecular flexibility index (Phi) is 10.4. The molecule has 0 aliphatic rings. The second-order valence-electron chi connectivity index (χ2n) is 9.65. The summed E-state index contributed by atoms with van der Waals surface area (Å²) in [6.07, 6.45) is 8.99. The SMILES string of the molecule is C#Cc1nc(C(=O)N(c2ccc(-n3cccn3)cc2)C(C(=O)NC(C)(C)C)[c-]2cccc2)cs1.[Fe].[cH-]1[cH-][cH-][cH-][cH-]1. The van der Waals surface area contributed by atoms with E-state index in [4.69, 9.17) is 6.42 Å². The van der Waals surface area contributed by atoms with Gasteiger partial charge in [0.1, 0.15) is 5.69 Å². The largest absolute Gasteiger partial charge is 0.748 e. The Labute approximate surface area is 249 Å². The van der Waals surface area contributed by atoms with Gasteiger partial charge >= 0.3 is 0 Å². The minimum atomic E-state index is -0.909. The smallest absolute Gasteiger partial charge is 0.277 e. The first-order valence-corrected chi connectivity index (χ1v) is 13.2. The van der Waals surface area contributed by atoms with Crippen LogP contribution in [-0.4, -0.2) is 32.1 Å². The summed E-state index contributed by atoms with van der Waals surface area (Å²) in [4.78, 5) is 33.1. The maximum atomic E-state index is 13.8. The second-order valence-corrected chi connectivity index (χ2v) is 10.5. The van der Waals surface area contributed by atoms with E-state index in [9.17, 15) is 9.59 Å². The van der Waals surface area contributed by atoms with Crippen LogP contribution in [0.1, 0.15) is 47.9 Å². The number of terminal acetylenes is 1. The Morgan fingerprint density at radius 3 is 2.20 bits per heavy atom. The van der Waals surface area contributed by atoms with Gasteiger partial charge in [0.05, 0.1) is 11.7 Å². The number of carbonyl (C=O) groups excluding carboxylic acids is 2. The number of hydrogen-bond donors (Lipinski definition) is 1. The molecule has 2 aromatic heterocycles. The molecule has 0 fully saturated rings. The summed E-state index contributed by atoms with van der Waals surface area (Å²) in [5.74, 6) is 1.75. The number of rotatable bonds is 6. The van der Waals surface area contributed by atoms with Crippen LogP contribution in [0.25, 0.3) is 5.69 Å². The standard InChI is InChI=1S/C26H24N5O2S.C5H5.Fe/c1-5-22-28-21(17-34-22)25(33)31(20-13-11-19(12-14-20)30-16-8-15-27-30)23(18-9-6-7-10-18)24(32)29-26(2,3)4;1-2-4-5-3-1;/h1,6-17,23H,2-4H3,(H,29,32);1-5H;/q-1;-5;. The number of carbonyl (C=O) groups is 2. The molecule has 0 aliphatic heterocycles. The van der Waals surface area contributed by atoms with Crippen LogP contribution in [0, 0.1) is 12.3 Å². The van der Waals surface area contributed by atoms with Gasteiger partial charge in [0, 0.05) is 46.1 Å². The van der Waals surface area contributed by atoms with E-state index in [0.29, 0.717) is 16.3 Å². The van der Waals surface area contributed by atoms with Crippen molar-refractivity contribution >= 4 is 28.8 Å². The fourth-order valence-electron chi connectivity index (χ4n) is 3.88. The number of aromatic nitrogens is 3. The molecule has 0 bridgehead atoms. The predicted molar refractivity (Wildman–Crippen MR) is 155 cm³/mol. The molecule has 1 atom stereocenters. The topological polar surface area (TPSA) is 80.1 Å². The van der Waals surface area contributed by atoms with E-state index in [1.165, 1.54) is 16.2 Å². The third-order valence-corrected chi connectivity index (χ3v) is 6.30. The zero-order chi connectivity index (χ0) is 27.8. The normalized spacial score (nSPS) is 11.2. The van der Waals surface area contributed by atoms with Crippen molar-refractivity contribution in [3.8, 4) is 18.0 Å². The first kappa shape index (κ1) is 30.3.